The molecule has 1 aliphatic carbocycles. The molecule has 9 heavy (non-hydrogen) atoms. The van der Waals surface area contributed by atoms with Crippen molar-refractivity contribution in [1.29, 1.82) is 0 Å². The summed E-state index contributed by atoms with van der Waals surface area (Å²) in [4.78, 5) is 10.4. The quantitative estimate of drug-likeness (QED) is 0.560. The van der Waals surface area contributed by atoms with Crippen LogP contribution in [0.3, 0.4) is 0 Å². The summed E-state index contributed by atoms with van der Waals surface area (Å²) in [5, 5.41) is 2.76. The first kappa shape index (κ1) is 6.33. The Bertz CT molecular complexity index is 149. The molecule has 2 heteroatoms. The summed E-state index contributed by atoms with van der Waals surface area (Å²) >= 11 is 0. The Morgan fingerprint density at radius 2 is 2.56 bits per heavy atom. The zero-order chi connectivity index (χ0) is 6.69. The lowest BCUT2D eigenvalue weighted by Crippen LogP contribution is -2.17. The van der Waals surface area contributed by atoms with E-state index in [0.29, 0.717) is 0 Å². The molecule has 0 saturated carbocycles. The Kier molecular flexibility index (Phi) is 1.88. The summed E-state index contributed by atoms with van der Waals surface area (Å²) in [6.45, 7) is 1.54. The van der Waals surface area contributed by atoms with Crippen molar-refractivity contribution in [3.63, 3.8) is 0 Å². The number of nitrogens with one attached hydrogen (secondary N) is 1. The second-order valence-corrected chi connectivity index (χ2v) is 2.30. The van der Waals surface area contributed by atoms with E-state index in [9.17, 15) is 4.79 Å². The highest BCUT2D eigenvalue weighted by Crippen LogP contribution is 2.13. The molecule has 0 atom stereocenters. The van der Waals surface area contributed by atoms with Gasteiger partial charge >= 0.3 is 0 Å². The molecule has 0 aromatic rings. The van der Waals surface area contributed by atoms with Crippen LogP contribution in [0.15, 0.2) is 11.8 Å². The highest BCUT2D eigenvalue weighted by atomic mass is 16.1. The van der Waals surface area contributed by atoms with E-state index >= 15 is 0 Å². The summed E-state index contributed by atoms with van der Waals surface area (Å²) in [5.74, 6) is 0.0446. The van der Waals surface area contributed by atoms with Crippen molar-refractivity contribution in [2.45, 2.75) is 26.2 Å². The molecule has 0 radical (unpaired) electrons. The predicted octanol–water partition coefficient (Wildman–Crippen LogP) is 1.19. The van der Waals surface area contributed by atoms with Gasteiger partial charge in [-0.2, -0.15) is 0 Å². The molecule has 0 aliphatic heterocycles. The average Bonchev–Trinajstić information content (AvgIpc) is 2.15. The summed E-state index contributed by atoms with van der Waals surface area (Å²) < 4.78 is 0. The normalized spacial score (nSPS) is 17.2. The van der Waals surface area contributed by atoms with Gasteiger partial charge in [-0.25, -0.2) is 0 Å². The third kappa shape index (κ3) is 1.88. The number of allylic oxidation sites excluding steroid dienone is 2. The lowest BCUT2D eigenvalue weighted by Gasteiger charge is -1.99. The van der Waals surface area contributed by atoms with Gasteiger partial charge in [0.05, 0.1) is 0 Å². The molecule has 0 bridgehead atoms. The maximum atomic E-state index is 10.4. The molecule has 1 N–H and O–H groups in total. The van der Waals surface area contributed by atoms with E-state index in [1.807, 2.05) is 0 Å². The predicted molar refractivity (Wildman–Crippen MR) is 35.8 cm³/mol. The number of carbonyl (C=O) groups excluding carboxylic acids is 1. The molecule has 0 unspecified atom stereocenters. The van der Waals surface area contributed by atoms with Gasteiger partial charge in [-0.15, -0.1) is 0 Å². The Hall–Kier alpha value is -0.790. The van der Waals surface area contributed by atoms with Crippen LogP contribution in [0.2, 0.25) is 0 Å². The minimum atomic E-state index is 0.0446. The van der Waals surface area contributed by atoms with E-state index in [4.69, 9.17) is 0 Å². The molecule has 1 rings (SSSR count). The van der Waals surface area contributed by atoms with Crippen molar-refractivity contribution >= 4 is 5.91 Å². The van der Waals surface area contributed by atoms with Crippen molar-refractivity contribution in [3.8, 4) is 0 Å². The van der Waals surface area contributed by atoms with E-state index in [0.717, 1.165) is 18.5 Å². The zero-order valence-corrected chi connectivity index (χ0v) is 5.61. The van der Waals surface area contributed by atoms with E-state index in [-0.39, 0.29) is 5.91 Å². The Morgan fingerprint density at radius 3 is 3.00 bits per heavy atom. The van der Waals surface area contributed by atoms with Gasteiger partial charge in [-0.1, -0.05) is 6.08 Å². The van der Waals surface area contributed by atoms with Crippen LogP contribution in [0.4, 0.5) is 0 Å². The fourth-order valence-corrected chi connectivity index (χ4v) is 1.01. The van der Waals surface area contributed by atoms with Gasteiger partial charge in [-0.3, -0.25) is 4.79 Å². The van der Waals surface area contributed by atoms with Crippen molar-refractivity contribution in [2.24, 2.45) is 0 Å². The average molecular weight is 125 g/mol. The number of hydrogen-bond donors (Lipinski definition) is 1. The van der Waals surface area contributed by atoms with E-state index in [1.165, 1.54) is 6.42 Å². The Morgan fingerprint density at radius 1 is 1.78 bits per heavy atom. The first-order valence-corrected chi connectivity index (χ1v) is 3.25. The van der Waals surface area contributed by atoms with Crippen LogP contribution in [-0.2, 0) is 4.79 Å². The smallest absolute Gasteiger partial charge is 0.220 e. The van der Waals surface area contributed by atoms with Crippen LogP contribution < -0.4 is 5.32 Å². The highest BCUT2D eigenvalue weighted by molar-refractivity contribution is 5.74. The van der Waals surface area contributed by atoms with Crippen LogP contribution in [0.5, 0.6) is 0 Å². The third-order valence-corrected chi connectivity index (χ3v) is 1.38. The summed E-state index contributed by atoms with van der Waals surface area (Å²) in [5.41, 5.74) is 1.10. The summed E-state index contributed by atoms with van der Waals surface area (Å²) in [7, 11) is 0. The molecule has 0 aromatic heterocycles. The number of rotatable bonds is 1. The molecule has 0 spiro atoms. The highest BCUT2D eigenvalue weighted by Gasteiger charge is 2.03. The van der Waals surface area contributed by atoms with Crippen LogP contribution in [0.1, 0.15) is 26.2 Å². The summed E-state index contributed by atoms with van der Waals surface area (Å²) in [6.07, 6.45) is 5.44. The molecule has 1 amide bonds. The van der Waals surface area contributed by atoms with Crippen molar-refractivity contribution in [1.82, 2.24) is 5.32 Å². The van der Waals surface area contributed by atoms with E-state index in [1.54, 1.807) is 6.92 Å². The van der Waals surface area contributed by atoms with Crippen LogP contribution >= 0.6 is 0 Å². The molecule has 0 fully saturated rings. The molecule has 1 aliphatic rings. The second kappa shape index (κ2) is 2.67. The van der Waals surface area contributed by atoms with Gasteiger partial charge in [0.1, 0.15) is 0 Å². The largest absolute Gasteiger partial charge is 0.330 e. The lowest BCUT2D eigenvalue weighted by molar-refractivity contribution is -0.118. The van der Waals surface area contributed by atoms with Crippen molar-refractivity contribution < 1.29 is 4.79 Å². The molecule has 2 nitrogen and oxygen atoms in total. The lowest BCUT2D eigenvalue weighted by atomic mass is 10.3. The standard InChI is InChI=1S/C7H11NO/c1-6(9)8-7-4-2-3-5-7/h4H,2-3,5H2,1H3,(H,8,9). The first-order valence-electron chi connectivity index (χ1n) is 3.25. The first-order chi connectivity index (χ1) is 4.29. The van der Waals surface area contributed by atoms with Crippen LogP contribution in [0.25, 0.3) is 0 Å². The maximum absolute atomic E-state index is 10.4. The molecule has 0 saturated heterocycles. The Labute approximate surface area is 54.9 Å². The van der Waals surface area contributed by atoms with Gasteiger partial charge in [-0.05, 0) is 19.3 Å². The number of amides is 1. The second-order valence-electron chi connectivity index (χ2n) is 2.30. The van der Waals surface area contributed by atoms with E-state index < -0.39 is 0 Å². The van der Waals surface area contributed by atoms with Crippen molar-refractivity contribution in [2.75, 3.05) is 0 Å². The monoisotopic (exact) mass is 125 g/mol. The van der Waals surface area contributed by atoms with Gasteiger partial charge in [0.2, 0.25) is 5.91 Å². The van der Waals surface area contributed by atoms with Gasteiger partial charge in [0, 0.05) is 12.6 Å². The molecular weight excluding hydrogens is 114 g/mol. The maximum Gasteiger partial charge on any atom is 0.220 e. The molecular formula is C7H11NO. The van der Waals surface area contributed by atoms with Crippen LogP contribution in [0, 0.1) is 0 Å². The Balaban J connectivity index is 2.35. The van der Waals surface area contributed by atoms with Crippen LogP contribution in [-0.4, -0.2) is 5.91 Å². The third-order valence-electron chi connectivity index (χ3n) is 1.38. The topological polar surface area (TPSA) is 29.1 Å². The minimum absolute atomic E-state index is 0.0446. The minimum Gasteiger partial charge on any atom is -0.330 e. The number of carbonyl (C=O) groups is 1. The fourth-order valence-electron chi connectivity index (χ4n) is 1.01. The van der Waals surface area contributed by atoms with Crippen molar-refractivity contribution in [3.05, 3.63) is 11.8 Å². The van der Waals surface area contributed by atoms with E-state index in [2.05, 4.69) is 11.4 Å². The molecule has 0 aromatic carbocycles. The van der Waals surface area contributed by atoms with Gasteiger partial charge in [0.15, 0.2) is 0 Å². The van der Waals surface area contributed by atoms with Gasteiger partial charge in [0.25, 0.3) is 0 Å². The molecule has 50 valence electrons. The van der Waals surface area contributed by atoms with Gasteiger partial charge < -0.3 is 5.32 Å². The zero-order valence-electron chi connectivity index (χ0n) is 5.61. The SMILES string of the molecule is CC(=O)NC1=CCCC1. The fraction of sp³-hybridized carbons (Fsp3) is 0.571. The summed E-state index contributed by atoms with van der Waals surface area (Å²) in [6, 6.07) is 0. The molecule has 0 heterocycles. The number of hydrogen-bond acceptors (Lipinski definition) is 1.